The fraction of sp³-hybridized carbons (Fsp3) is 0.429. The average Bonchev–Trinajstić information content (AvgIpc) is 2.04. The minimum atomic E-state index is 0.442. The molecule has 0 amide bonds. The molecule has 4 nitrogen and oxygen atoms in total. The second kappa shape index (κ2) is 2.38. The Morgan fingerprint density at radius 2 is 2.55 bits per heavy atom. The summed E-state index contributed by atoms with van der Waals surface area (Å²) in [6.07, 6.45) is 3.33. The normalized spacial score (nSPS) is 21.4. The molecule has 1 aliphatic heterocycles. The topological polar surface area (TPSA) is 49.8 Å². The van der Waals surface area contributed by atoms with E-state index in [0.29, 0.717) is 6.04 Å². The van der Waals surface area contributed by atoms with E-state index in [-0.39, 0.29) is 0 Å². The fourth-order valence-electron chi connectivity index (χ4n) is 1.12. The van der Waals surface area contributed by atoms with Crippen molar-refractivity contribution in [2.75, 3.05) is 17.2 Å². The third-order valence-electron chi connectivity index (χ3n) is 1.69. The third kappa shape index (κ3) is 1.11. The summed E-state index contributed by atoms with van der Waals surface area (Å²) in [5, 5.41) is 6.47. The average molecular weight is 150 g/mol. The first kappa shape index (κ1) is 6.39. The van der Waals surface area contributed by atoms with Crippen molar-refractivity contribution in [3.05, 3.63) is 12.5 Å². The Kier molecular flexibility index (Phi) is 1.38. The maximum Gasteiger partial charge on any atom is 0.153 e. The van der Waals surface area contributed by atoms with Gasteiger partial charge in [-0.25, -0.2) is 9.97 Å². The Morgan fingerprint density at radius 1 is 1.64 bits per heavy atom. The molecule has 1 aromatic heterocycles. The van der Waals surface area contributed by atoms with Crippen LogP contribution in [0.1, 0.15) is 6.92 Å². The number of fused-ring (bicyclic) bond motifs is 1. The highest BCUT2D eigenvalue weighted by atomic mass is 15.1. The van der Waals surface area contributed by atoms with Crippen molar-refractivity contribution in [1.29, 1.82) is 0 Å². The van der Waals surface area contributed by atoms with E-state index in [0.717, 1.165) is 18.1 Å². The molecule has 1 aromatic rings. The Hall–Kier alpha value is -1.32. The molecule has 0 spiro atoms. The summed E-state index contributed by atoms with van der Waals surface area (Å²) >= 11 is 0. The Morgan fingerprint density at radius 3 is 3.45 bits per heavy atom. The zero-order valence-electron chi connectivity index (χ0n) is 6.33. The van der Waals surface area contributed by atoms with E-state index in [1.54, 1.807) is 12.5 Å². The van der Waals surface area contributed by atoms with Crippen LogP contribution < -0.4 is 10.6 Å². The van der Waals surface area contributed by atoms with E-state index < -0.39 is 0 Å². The van der Waals surface area contributed by atoms with Crippen molar-refractivity contribution in [2.24, 2.45) is 0 Å². The van der Waals surface area contributed by atoms with Crippen LogP contribution in [0.25, 0.3) is 0 Å². The summed E-state index contributed by atoms with van der Waals surface area (Å²) in [5.41, 5.74) is 0.991. The molecule has 2 rings (SSSR count). The van der Waals surface area contributed by atoms with Crippen LogP contribution in [0.4, 0.5) is 11.5 Å². The molecule has 1 atom stereocenters. The minimum absolute atomic E-state index is 0.442. The van der Waals surface area contributed by atoms with Gasteiger partial charge in [0, 0.05) is 12.6 Å². The number of hydrogen-bond donors (Lipinski definition) is 2. The van der Waals surface area contributed by atoms with E-state index in [1.165, 1.54) is 0 Å². The lowest BCUT2D eigenvalue weighted by molar-refractivity contribution is 0.804. The van der Waals surface area contributed by atoms with Gasteiger partial charge in [0.25, 0.3) is 0 Å². The first-order valence-corrected chi connectivity index (χ1v) is 3.66. The van der Waals surface area contributed by atoms with Crippen LogP contribution in [0.2, 0.25) is 0 Å². The second-order valence-electron chi connectivity index (χ2n) is 2.71. The standard InChI is InChI=1S/C7H10N4/c1-5-2-9-6-3-8-4-10-7(6)11-5/h3-5,9H,2H2,1H3,(H,8,10,11)/t5-/m0/s1. The first-order chi connectivity index (χ1) is 5.36. The number of anilines is 2. The molecule has 0 fully saturated rings. The molecular formula is C7H10N4. The summed E-state index contributed by atoms with van der Waals surface area (Å²) in [5.74, 6) is 0.902. The number of nitrogens with zero attached hydrogens (tertiary/aromatic N) is 2. The highest BCUT2D eigenvalue weighted by Crippen LogP contribution is 2.20. The third-order valence-corrected chi connectivity index (χ3v) is 1.69. The van der Waals surface area contributed by atoms with Gasteiger partial charge in [-0.2, -0.15) is 0 Å². The molecule has 0 bridgehead atoms. The fourth-order valence-corrected chi connectivity index (χ4v) is 1.12. The van der Waals surface area contributed by atoms with Crippen LogP contribution in [0.3, 0.4) is 0 Å². The molecule has 11 heavy (non-hydrogen) atoms. The number of rotatable bonds is 0. The largest absolute Gasteiger partial charge is 0.379 e. The highest BCUT2D eigenvalue weighted by molar-refractivity contribution is 5.65. The van der Waals surface area contributed by atoms with Crippen molar-refractivity contribution in [3.8, 4) is 0 Å². The number of aromatic nitrogens is 2. The van der Waals surface area contributed by atoms with Gasteiger partial charge in [-0.15, -0.1) is 0 Å². The molecule has 1 aliphatic rings. The summed E-state index contributed by atoms with van der Waals surface area (Å²) < 4.78 is 0. The number of nitrogens with one attached hydrogen (secondary N) is 2. The van der Waals surface area contributed by atoms with Crippen molar-refractivity contribution >= 4 is 11.5 Å². The van der Waals surface area contributed by atoms with Gasteiger partial charge in [0.2, 0.25) is 0 Å². The van der Waals surface area contributed by atoms with Gasteiger partial charge in [-0.3, -0.25) is 0 Å². The lowest BCUT2D eigenvalue weighted by Gasteiger charge is -2.23. The van der Waals surface area contributed by atoms with Gasteiger partial charge in [-0.05, 0) is 6.92 Å². The molecule has 0 saturated heterocycles. The molecule has 58 valence electrons. The van der Waals surface area contributed by atoms with E-state index in [4.69, 9.17) is 0 Å². The van der Waals surface area contributed by atoms with Crippen LogP contribution in [-0.2, 0) is 0 Å². The predicted octanol–water partition coefficient (Wildman–Crippen LogP) is 0.702. The van der Waals surface area contributed by atoms with Crippen LogP contribution in [-0.4, -0.2) is 22.6 Å². The predicted molar refractivity (Wildman–Crippen MR) is 43.6 cm³/mol. The van der Waals surface area contributed by atoms with Gasteiger partial charge >= 0.3 is 0 Å². The molecule has 0 radical (unpaired) electrons. The SMILES string of the molecule is C[C@H]1CNc2cncnc2N1. The van der Waals surface area contributed by atoms with Crippen molar-refractivity contribution in [2.45, 2.75) is 13.0 Å². The van der Waals surface area contributed by atoms with Crippen LogP contribution in [0.5, 0.6) is 0 Å². The van der Waals surface area contributed by atoms with E-state index >= 15 is 0 Å². The van der Waals surface area contributed by atoms with E-state index in [2.05, 4.69) is 27.5 Å². The van der Waals surface area contributed by atoms with Crippen molar-refractivity contribution in [1.82, 2.24) is 9.97 Å². The summed E-state index contributed by atoms with van der Waals surface area (Å²) in [7, 11) is 0. The zero-order chi connectivity index (χ0) is 7.68. The van der Waals surface area contributed by atoms with E-state index in [1.807, 2.05) is 0 Å². The summed E-state index contributed by atoms with van der Waals surface area (Å²) in [6.45, 7) is 3.04. The monoisotopic (exact) mass is 150 g/mol. The smallest absolute Gasteiger partial charge is 0.153 e. The quantitative estimate of drug-likeness (QED) is 0.571. The van der Waals surface area contributed by atoms with Crippen molar-refractivity contribution < 1.29 is 0 Å². The molecule has 0 aliphatic carbocycles. The summed E-state index contributed by atoms with van der Waals surface area (Å²) in [4.78, 5) is 7.99. The maximum atomic E-state index is 4.08. The zero-order valence-corrected chi connectivity index (χ0v) is 6.33. The minimum Gasteiger partial charge on any atom is -0.379 e. The van der Waals surface area contributed by atoms with Gasteiger partial charge in [0.15, 0.2) is 5.82 Å². The summed E-state index contributed by atoms with van der Waals surface area (Å²) in [6, 6.07) is 0.442. The van der Waals surface area contributed by atoms with E-state index in [9.17, 15) is 0 Å². The molecule has 4 heteroatoms. The number of hydrogen-bond acceptors (Lipinski definition) is 4. The van der Waals surface area contributed by atoms with Gasteiger partial charge in [0.05, 0.1) is 11.9 Å². The molecule has 0 aromatic carbocycles. The molecular weight excluding hydrogens is 140 g/mol. The van der Waals surface area contributed by atoms with Crippen LogP contribution >= 0.6 is 0 Å². The van der Waals surface area contributed by atoms with Gasteiger partial charge < -0.3 is 10.6 Å². The highest BCUT2D eigenvalue weighted by Gasteiger charge is 2.12. The van der Waals surface area contributed by atoms with Crippen molar-refractivity contribution in [3.63, 3.8) is 0 Å². The Balaban J connectivity index is 2.34. The van der Waals surface area contributed by atoms with Crippen LogP contribution in [0, 0.1) is 0 Å². The molecule has 2 heterocycles. The maximum absolute atomic E-state index is 4.08. The molecule has 0 unspecified atom stereocenters. The second-order valence-corrected chi connectivity index (χ2v) is 2.71. The first-order valence-electron chi connectivity index (χ1n) is 3.66. The van der Waals surface area contributed by atoms with Gasteiger partial charge in [0.1, 0.15) is 6.33 Å². The van der Waals surface area contributed by atoms with Crippen LogP contribution in [0.15, 0.2) is 12.5 Å². The lowest BCUT2D eigenvalue weighted by Crippen LogP contribution is -2.30. The van der Waals surface area contributed by atoms with Gasteiger partial charge in [-0.1, -0.05) is 0 Å². The molecule has 0 saturated carbocycles. The lowest BCUT2D eigenvalue weighted by atomic mass is 10.2. The Labute approximate surface area is 65.1 Å². The molecule has 2 N–H and O–H groups in total. The Bertz CT molecular complexity index is 260.